The molecule has 1 aliphatic heterocycles. The van der Waals surface area contributed by atoms with E-state index in [2.05, 4.69) is 44.8 Å². The number of rotatable bonds is 1. The minimum atomic E-state index is 0.547. The van der Waals surface area contributed by atoms with E-state index in [-0.39, 0.29) is 0 Å². The summed E-state index contributed by atoms with van der Waals surface area (Å²) >= 11 is 3.57. The molecule has 1 unspecified atom stereocenters. The Labute approximate surface area is 86.9 Å². The predicted octanol–water partition coefficient (Wildman–Crippen LogP) is 2.01. The molecule has 70 valence electrons. The Morgan fingerprint density at radius 3 is 3.15 bits per heavy atom. The molecule has 1 atom stereocenters. The van der Waals surface area contributed by atoms with Gasteiger partial charge in [0, 0.05) is 22.7 Å². The molecule has 0 saturated heterocycles. The number of hydrogen-bond donors (Lipinski definition) is 2. The van der Waals surface area contributed by atoms with Gasteiger partial charge in [0.1, 0.15) is 0 Å². The van der Waals surface area contributed by atoms with Crippen molar-refractivity contribution in [3.8, 4) is 0 Å². The van der Waals surface area contributed by atoms with E-state index in [1.165, 1.54) is 15.7 Å². The summed E-state index contributed by atoms with van der Waals surface area (Å²) in [6, 6.07) is 6.84. The maximum atomic E-state index is 3.57. The van der Waals surface area contributed by atoms with Crippen molar-refractivity contribution in [2.24, 2.45) is 0 Å². The van der Waals surface area contributed by atoms with Gasteiger partial charge in [-0.3, -0.25) is 0 Å². The maximum absolute atomic E-state index is 3.57. The van der Waals surface area contributed by atoms with Crippen LogP contribution in [-0.4, -0.2) is 19.6 Å². The van der Waals surface area contributed by atoms with Crippen LogP contribution in [0, 0.1) is 0 Å². The van der Waals surface area contributed by atoms with Crippen LogP contribution in [0.2, 0.25) is 0 Å². The van der Waals surface area contributed by atoms with E-state index in [4.69, 9.17) is 0 Å². The highest BCUT2D eigenvalue weighted by Gasteiger charge is 2.17. The van der Waals surface area contributed by atoms with Gasteiger partial charge in [-0.15, -0.1) is 0 Å². The molecule has 0 fully saturated rings. The lowest BCUT2D eigenvalue weighted by atomic mass is 10.00. The van der Waals surface area contributed by atoms with Gasteiger partial charge in [0.15, 0.2) is 0 Å². The van der Waals surface area contributed by atoms with Gasteiger partial charge >= 0.3 is 0 Å². The summed E-state index contributed by atoms with van der Waals surface area (Å²) in [5.74, 6) is 0. The average Bonchev–Trinajstić information content (AvgIpc) is 2.18. The number of hydrogen-bond acceptors (Lipinski definition) is 2. The number of benzene rings is 1. The molecule has 0 saturated carbocycles. The van der Waals surface area contributed by atoms with E-state index in [9.17, 15) is 0 Å². The Bertz CT molecular complexity index is 312. The second kappa shape index (κ2) is 3.68. The summed E-state index contributed by atoms with van der Waals surface area (Å²) in [6.45, 7) is 1.01. The lowest BCUT2D eigenvalue weighted by Crippen LogP contribution is -2.38. The number of likely N-dealkylation sites (N-methyl/N-ethyl adjacent to an activating group) is 1. The lowest BCUT2D eigenvalue weighted by molar-refractivity contribution is 0.569. The minimum Gasteiger partial charge on any atom is -0.383 e. The normalized spacial score (nSPS) is 20.6. The van der Waals surface area contributed by atoms with Crippen LogP contribution >= 0.6 is 15.9 Å². The van der Waals surface area contributed by atoms with Crippen LogP contribution in [0.15, 0.2) is 22.7 Å². The molecule has 2 rings (SSSR count). The zero-order valence-electron chi connectivity index (χ0n) is 7.60. The first kappa shape index (κ1) is 9.03. The maximum Gasteiger partial charge on any atom is 0.0385 e. The average molecular weight is 241 g/mol. The van der Waals surface area contributed by atoms with Crippen molar-refractivity contribution in [3.05, 3.63) is 28.2 Å². The van der Waals surface area contributed by atoms with E-state index in [0.717, 1.165) is 13.0 Å². The highest BCUT2D eigenvalue weighted by Crippen LogP contribution is 2.28. The van der Waals surface area contributed by atoms with Crippen LogP contribution in [0.5, 0.6) is 0 Å². The molecule has 1 aliphatic rings. The smallest absolute Gasteiger partial charge is 0.0385 e. The van der Waals surface area contributed by atoms with E-state index >= 15 is 0 Å². The number of nitrogens with one attached hydrogen (secondary N) is 2. The Morgan fingerprint density at radius 2 is 2.38 bits per heavy atom. The zero-order valence-corrected chi connectivity index (χ0v) is 9.19. The summed E-state index contributed by atoms with van der Waals surface area (Å²) in [4.78, 5) is 0. The summed E-state index contributed by atoms with van der Waals surface area (Å²) < 4.78 is 1.21. The van der Waals surface area contributed by atoms with E-state index < -0.39 is 0 Å². The molecule has 2 nitrogen and oxygen atoms in total. The molecule has 1 aromatic carbocycles. The molecule has 0 aliphatic carbocycles. The highest BCUT2D eigenvalue weighted by atomic mass is 79.9. The van der Waals surface area contributed by atoms with Crippen molar-refractivity contribution in [1.82, 2.24) is 5.32 Å². The minimum absolute atomic E-state index is 0.547. The lowest BCUT2D eigenvalue weighted by Gasteiger charge is -2.26. The molecule has 0 aromatic heterocycles. The molecule has 1 heterocycles. The zero-order chi connectivity index (χ0) is 9.26. The van der Waals surface area contributed by atoms with Crippen LogP contribution in [0.3, 0.4) is 0 Å². The second-order valence-corrected chi connectivity index (χ2v) is 4.19. The standard InChI is InChI=1S/C10H13BrN2/c1-12-7-5-8-9(11)3-2-4-10(8)13-6-7/h2-4,7,12-13H,5-6H2,1H3. The number of halogens is 1. The predicted molar refractivity (Wildman–Crippen MR) is 59.2 cm³/mol. The SMILES string of the molecule is CNC1CNc2cccc(Br)c2C1. The van der Waals surface area contributed by atoms with Crippen molar-refractivity contribution in [3.63, 3.8) is 0 Å². The first-order valence-corrected chi connectivity index (χ1v) is 5.29. The van der Waals surface area contributed by atoms with Gasteiger partial charge in [-0.2, -0.15) is 0 Å². The molecule has 0 radical (unpaired) electrons. The van der Waals surface area contributed by atoms with Crippen LogP contribution in [0.25, 0.3) is 0 Å². The molecule has 0 amide bonds. The Kier molecular flexibility index (Phi) is 2.56. The topological polar surface area (TPSA) is 24.1 Å². The van der Waals surface area contributed by atoms with Crippen molar-refractivity contribution < 1.29 is 0 Å². The molecule has 2 N–H and O–H groups in total. The van der Waals surface area contributed by atoms with Crippen molar-refractivity contribution in [2.75, 3.05) is 18.9 Å². The van der Waals surface area contributed by atoms with Crippen molar-refractivity contribution in [1.29, 1.82) is 0 Å². The summed E-state index contributed by atoms with van der Waals surface area (Å²) in [5.41, 5.74) is 2.65. The third kappa shape index (κ3) is 1.71. The summed E-state index contributed by atoms with van der Waals surface area (Å²) in [6.07, 6.45) is 1.10. The van der Waals surface area contributed by atoms with Gasteiger partial charge in [-0.05, 0) is 31.2 Å². The Hall–Kier alpha value is -0.540. The van der Waals surface area contributed by atoms with Crippen LogP contribution in [0.1, 0.15) is 5.56 Å². The molecule has 13 heavy (non-hydrogen) atoms. The molecule has 3 heteroatoms. The van der Waals surface area contributed by atoms with Gasteiger partial charge < -0.3 is 10.6 Å². The van der Waals surface area contributed by atoms with Gasteiger partial charge in [0.05, 0.1) is 0 Å². The van der Waals surface area contributed by atoms with Crippen molar-refractivity contribution >= 4 is 21.6 Å². The quantitative estimate of drug-likeness (QED) is 0.785. The number of anilines is 1. The molecule has 0 spiro atoms. The van der Waals surface area contributed by atoms with E-state index in [1.807, 2.05) is 7.05 Å². The largest absolute Gasteiger partial charge is 0.383 e. The van der Waals surface area contributed by atoms with Crippen molar-refractivity contribution in [2.45, 2.75) is 12.5 Å². The van der Waals surface area contributed by atoms with Gasteiger partial charge in [0.25, 0.3) is 0 Å². The van der Waals surface area contributed by atoms with Gasteiger partial charge in [-0.25, -0.2) is 0 Å². The molecular weight excluding hydrogens is 228 g/mol. The van der Waals surface area contributed by atoms with Crippen LogP contribution < -0.4 is 10.6 Å². The number of fused-ring (bicyclic) bond motifs is 1. The molecule has 1 aromatic rings. The second-order valence-electron chi connectivity index (χ2n) is 3.34. The molecule has 0 bridgehead atoms. The first-order valence-electron chi connectivity index (χ1n) is 4.50. The molecular formula is C10H13BrN2. The van der Waals surface area contributed by atoms with Gasteiger partial charge in [0.2, 0.25) is 0 Å². The fourth-order valence-corrected chi connectivity index (χ4v) is 2.22. The highest BCUT2D eigenvalue weighted by molar-refractivity contribution is 9.10. The fourth-order valence-electron chi connectivity index (χ4n) is 1.69. The van der Waals surface area contributed by atoms with Gasteiger partial charge in [-0.1, -0.05) is 22.0 Å². The Morgan fingerprint density at radius 1 is 1.54 bits per heavy atom. The third-order valence-corrected chi connectivity index (χ3v) is 3.26. The fraction of sp³-hybridized carbons (Fsp3) is 0.400. The monoisotopic (exact) mass is 240 g/mol. The summed E-state index contributed by atoms with van der Waals surface area (Å²) in [5, 5.41) is 6.70. The Balaban J connectivity index is 2.32. The first-order chi connectivity index (χ1) is 6.31. The van der Waals surface area contributed by atoms with Crippen LogP contribution in [0.4, 0.5) is 5.69 Å². The van der Waals surface area contributed by atoms with E-state index in [1.54, 1.807) is 0 Å². The summed E-state index contributed by atoms with van der Waals surface area (Å²) in [7, 11) is 2.01. The van der Waals surface area contributed by atoms with E-state index in [0.29, 0.717) is 6.04 Å². The van der Waals surface area contributed by atoms with Crippen LogP contribution in [-0.2, 0) is 6.42 Å². The third-order valence-electron chi connectivity index (χ3n) is 2.52.